The average molecular weight is 275 g/mol. The Balaban J connectivity index is 1.91. The Kier molecular flexibility index (Phi) is 4.63. The van der Waals surface area contributed by atoms with Crippen LogP contribution in [-0.4, -0.2) is 22.5 Å². The Morgan fingerprint density at radius 1 is 1.47 bits per heavy atom. The van der Waals surface area contributed by atoms with Crippen molar-refractivity contribution in [3.8, 4) is 6.01 Å². The Labute approximate surface area is 115 Å². The maximum Gasteiger partial charge on any atom is 0.316 e. The first-order valence-electron chi connectivity index (χ1n) is 5.75. The lowest BCUT2D eigenvalue weighted by atomic mass is 10.4. The van der Waals surface area contributed by atoms with E-state index in [-0.39, 0.29) is 5.91 Å². The molecule has 0 saturated heterocycles. The zero-order valence-electron chi connectivity index (χ0n) is 10.4. The summed E-state index contributed by atoms with van der Waals surface area (Å²) < 4.78 is 5.11. The number of nitrogens with one attached hydrogen (secondary N) is 1. The molecule has 0 radical (unpaired) electrons. The summed E-state index contributed by atoms with van der Waals surface area (Å²) in [6.45, 7) is 2.36. The molecule has 0 aromatic carbocycles. The van der Waals surface area contributed by atoms with Gasteiger partial charge in [0.25, 0.3) is 0 Å². The van der Waals surface area contributed by atoms with Gasteiger partial charge in [0.2, 0.25) is 5.91 Å². The minimum Gasteiger partial charge on any atom is -0.464 e. The van der Waals surface area contributed by atoms with Crippen LogP contribution in [0.1, 0.15) is 11.8 Å². The number of rotatable bonds is 5. The molecule has 0 unspecified atom stereocenters. The second-order valence-corrected chi connectivity index (χ2v) is 4.50. The number of carbonyl (C=O) groups is 1. The van der Waals surface area contributed by atoms with Gasteiger partial charge in [-0.15, -0.1) is 11.3 Å². The predicted octanol–water partition coefficient (Wildman–Crippen LogP) is 2.59. The zero-order chi connectivity index (χ0) is 13.5. The van der Waals surface area contributed by atoms with E-state index in [9.17, 15) is 4.79 Å². The molecule has 0 saturated carbocycles. The van der Waals surface area contributed by atoms with Crippen LogP contribution >= 0.6 is 11.3 Å². The van der Waals surface area contributed by atoms with Gasteiger partial charge in [0.05, 0.1) is 24.7 Å². The first-order chi connectivity index (χ1) is 9.28. The molecule has 0 bridgehead atoms. The van der Waals surface area contributed by atoms with Gasteiger partial charge in [-0.2, -0.15) is 0 Å². The van der Waals surface area contributed by atoms with E-state index >= 15 is 0 Å². The minimum atomic E-state index is -0.221. The first-order valence-corrected chi connectivity index (χ1v) is 6.63. The van der Waals surface area contributed by atoms with Crippen LogP contribution in [-0.2, 0) is 4.79 Å². The SMILES string of the molecule is CCOc1ncc(NC(=O)/C=C/c2cccs2)cn1. The molecule has 6 heteroatoms. The van der Waals surface area contributed by atoms with Gasteiger partial charge in [-0.3, -0.25) is 4.79 Å². The van der Waals surface area contributed by atoms with Crippen LogP contribution in [0.25, 0.3) is 6.08 Å². The van der Waals surface area contributed by atoms with Crippen molar-refractivity contribution < 1.29 is 9.53 Å². The third-order valence-electron chi connectivity index (χ3n) is 2.11. The van der Waals surface area contributed by atoms with E-state index in [0.717, 1.165) is 4.88 Å². The number of aromatic nitrogens is 2. The fraction of sp³-hybridized carbons (Fsp3) is 0.154. The molecule has 1 N–H and O–H groups in total. The fourth-order valence-corrected chi connectivity index (χ4v) is 1.93. The van der Waals surface area contributed by atoms with Crippen LogP contribution in [0.3, 0.4) is 0 Å². The molecule has 2 rings (SSSR count). The van der Waals surface area contributed by atoms with E-state index in [1.54, 1.807) is 17.4 Å². The van der Waals surface area contributed by atoms with Crippen LogP contribution in [0.2, 0.25) is 0 Å². The molecule has 98 valence electrons. The summed E-state index contributed by atoms with van der Waals surface area (Å²) in [6.07, 6.45) is 6.25. The maximum absolute atomic E-state index is 11.6. The lowest BCUT2D eigenvalue weighted by Gasteiger charge is -2.03. The summed E-state index contributed by atoms with van der Waals surface area (Å²) in [5, 5.41) is 4.63. The van der Waals surface area contributed by atoms with Crippen LogP contribution in [0, 0.1) is 0 Å². The van der Waals surface area contributed by atoms with Gasteiger partial charge in [0, 0.05) is 11.0 Å². The van der Waals surface area contributed by atoms with Gasteiger partial charge in [0.1, 0.15) is 0 Å². The first kappa shape index (κ1) is 13.2. The molecule has 19 heavy (non-hydrogen) atoms. The number of anilines is 1. The molecule has 5 nitrogen and oxygen atoms in total. The Hall–Kier alpha value is -2.21. The highest BCUT2D eigenvalue weighted by atomic mass is 32.1. The molecule has 0 aliphatic rings. The quantitative estimate of drug-likeness (QED) is 0.852. The summed E-state index contributed by atoms with van der Waals surface area (Å²) in [6, 6.07) is 4.17. The third kappa shape index (κ3) is 4.18. The molecule has 0 aliphatic carbocycles. The number of amides is 1. The third-order valence-corrected chi connectivity index (χ3v) is 2.95. The van der Waals surface area contributed by atoms with Gasteiger partial charge >= 0.3 is 6.01 Å². The predicted molar refractivity (Wildman–Crippen MR) is 75.2 cm³/mol. The van der Waals surface area contributed by atoms with Crippen molar-refractivity contribution in [3.63, 3.8) is 0 Å². The molecule has 0 spiro atoms. The Morgan fingerprint density at radius 2 is 2.26 bits per heavy atom. The normalized spacial score (nSPS) is 10.6. The van der Waals surface area contributed by atoms with Crippen molar-refractivity contribution in [2.24, 2.45) is 0 Å². The van der Waals surface area contributed by atoms with E-state index in [1.807, 2.05) is 24.4 Å². The highest BCUT2D eigenvalue weighted by Gasteiger charge is 2.00. The van der Waals surface area contributed by atoms with Gasteiger partial charge in [-0.1, -0.05) is 6.07 Å². The van der Waals surface area contributed by atoms with E-state index < -0.39 is 0 Å². The molecule has 1 amide bonds. The molecule has 0 atom stereocenters. The lowest BCUT2D eigenvalue weighted by Crippen LogP contribution is -2.08. The molecule has 2 aromatic rings. The van der Waals surface area contributed by atoms with E-state index in [4.69, 9.17) is 4.74 Å². The summed E-state index contributed by atoms with van der Waals surface area (Å²) >= 11 is 1.57. The summed E-state index contributed by atoms with van der Waals surface area (Å²) in [5.41, 5.74) is 0.532. The van der Waals surface area contributed by atoms with Crippen LogP contribution in [0.4, 0.5) is 5.69 Å². The van der Waals surface area contributed by atoms with Gasteiger partial charge < -0.3 is 10.1 Å². The van der Waals surface area contributed by atoms with E-state index in [1.165, 1.54) is 18.5 Å². The summed E-state index contributed by atoms with van der Waals surface area (Å²) in [5.74, 6) is -0.221. The van der Waals surface area contributed by atoms with Crippen molar-refractivity contribution in [3.05, 3.63) is 40.9 Å². The summed E-state index contributed by atoms with van der Waals surface area (Å²) in [4.78, 5) is 20.6. The minimum absolute atomic E-state index is 0.221. The second-order valence-electron chi connectivity index (χ2n) is 3.53. The summed E-state index contributed by atoms with van der Waals surface area (Å²) in [7, 11) is 0. The molecule has 0 aliphatic heterocycles. The highest BCUT2D eigenvalue weighted by molar-refractivity contribution is 7.10. The van der Waals surface area contributed by atoms with Crippen molar-refractivity contribution in [1.29, 1.82) is 0 Å². The number of hydrogen-bond donors (Lipinski definition) is 1. The topological polar surface area (TPSA) is 64.1 Å². The largest absolute Gasteiger partial charge is 0.464 e. The molecular formula is C13H13N3O2S. The van der Waals surface area contributed by atoms with Crippen LogP contribution in [0.5, 0.6) is 6.01 Å². The fourth-order valence-electron chi connectivity index (χ4n) is 1.31. The average Bonchev–Trinajstić information content (AvgIpc) is 2.92. The molecule has 2 heterocycles. The number of hydrogen-bond acceptors (Lipinski definition) is 5. The number of nitrogens with zero attached hydrogens (tertiary/aromatic N) is 2. The van der Waals surface area contributed by atoms with Gasteiger partial charge in [-0.05, 0) is 24.4 Å². The molecular weight excluding hydrogens is 262 g/mol. The number of thiophene rings is 1. The monoisotopic (exact) mass is 275 g/mol. The molecule has 0 fully saturated rings. The lowest BCUT2D eigenvalue weighted by molar-refractivity contribution is -0.111. The standard InChI is InChI=1S/C13H13N3O2S/c1-2-18-13-14-8-10(9-15-13)16-12(17)6-5-11-4-3-7-19-11/h3-9H,2H2,1H3,(H,16,17)/b6-5+. The second kappa shape index (κ2) is 6.65. The maximum atomic E-state index is 11.6. The smallest absolute Gasteiger partial charge is 0.316 e. The van der Waals surface area contributed by atoms with Crippen molar-refractivity contribution in [2.45, 2.75) is 6.92 Å². The van der Waals surface area contributed by atoms with Crippen molar-refractivity contribution in [1.82, 2.24) is 9.97 Å². The van der Waals surface area contributed by atoms with E-state index in [2.05, 4.69) is 15.3 Å². The van der Waals surface area contributed by atoms with Gasteiger partial charge in [-0.25, -0.2) is 9.97 Å². The highest BCUT2D eigenvalue weighted by Crippen LogP contribution is 2.11. The molecule has 2 aromatic heterocycles. The van der Waals surface area contributed by atoms with Crippen molar-refractivity contribution in [2.75, 3.05) is 11.9 Å². The number of ether oxygens (including phenoxy) is 1. The Bertz CT molecular complexity index is 550. The van der Waals surface area contributed by atoms with E-state index in [0.29, 0.717) is 18.3 Å². The van der Waals surface area contributed by atoms with Crippen LogP contribution in [0.15, 0.2) is 36.0 Å². The number of carbonyl (C=O) groups excluding carboxylic acids is 1. The van der Waals surface area contributed by atoms with Crippen molar-refractivity contribution >= 4 is 29.0 Å². The Morgan fingerprint density at radius 3 is 2.89 bits per heavy atom. The van der Waals surface area contributed by atoms with Gasteiger partial charge in [0.15, 0.2) is 0 Å². The van der Waals surface area contributed by atoms with Crippen LogP contribution < -0.4 is 10.1 Å². The zero-order valence-corrected chi connectivity index (χ0v) is 11.2.